The second-order valence-electron chi connectivity index (χ2n) is 3.27. The summed E-state index contributed by atoms with van der Waals surface area (Å²) in [6, 6.07) is 3.04. The topological polar surface area (TPSA) is 26.3 Å². The van der Waals surface area contributed by atoms with E-state index in [0.29, 0.717) is 0 Å². The third-order valence-electron chi connectivity index (χ3n) is 2.02. The van der Waals surface area contributed by atoms with Gasteiger partial charge in [-0.1, -0.05) is 0 Å². The highest BCUT2D eigenvalue weighted by molar-refractivity contribution is 5.77. The minimum atomic E-state index is -1.01. The lowest BCUT2D eigenvalue weighted by Crippen LogP contribution is -2.09. The van der Waals surface area contributed by atoms with E-state index in [-0.39, 0.29) is 17.6 Å². The number of carbonyl (C=O) groups excluding carboxylic acids is 1. The van der Waals surface area contributed by atoms with E-state index >= 15 is 0 Å². The van der Waals surface area contributed by atoms with E-state index in [1.165, 1.54) is 6.07 Å². The van der Waals surface area contributed by atoms with Gasteiger partial charge in [0.2, 0.25) is 0 Å². The summed E-state index contributed by atoms with van der Waals surface area (Å²) in [5, 5.41) is 0. The molecule has 1 aromatic rings. The molecule has 0 N–H and O–H groups in total. The third kappa shape index (κ3) is 1.89. The Balaban J connectivity index is 2.08. The van der Waals surface area contributed by atoms with Crippen LogP contribution in [0.2, 0.25) is 0 Å². The Kier molecular flexibility index (Phi) is 2.19. The van der Waals surface area contributed by atoms with Crippen molar-refractivity contribution in [1.29, 1.82) is 0 Å². The normalized spacial score (nSPS) is 15.3. The molecule has 74 valence electrons. The van der Waals surface area contributed by atoms with Gasteiger partial charge < -0.3 is 4.74 Å². The van der Waals surface area contributed by atoms with Crippen LogP contribution in [0.5, 0.6) is 5.75 Å². The summed E-state index contributed by atoms with van der Waals surface area (Å²) in [7, 11) is 0. The maximum absolute atomic E-state index is 12.7. The maximum atomic E-state index is 12.7. The fraction of sp³-hybridized carbons (Fsp3) is 0.300. The van der Waals surface area contributed by atoms with Gasteiger partial charge in [-0.25, -0.2) is 8.78 Å². The molecular weight excluding hydrogens is 190 g/mol. The minimum absolute atomic E-state index is 0.0527. The predicted molar refractivity (Wildman–Crippen MR) is 44.7 cm³/mol. The van der Waals surface area contributed by atoms with E-state index in [0.717, 1.165) is 25.0 Å². The molecule has 0 spiro atoms. The zero-order valence-electron chi connectivity index (χ0n) is 7.30. The highest BCUT2D eigenvalue weighted by atomic mass is 19.2. The molecule has 1 fully saturated rings. The van der Waals surface area contributed by atoms with Crippen molar-refractivity contribution in [3.05, 3.63) is 29.8 Å². The van der Waals surface area contributed by atoms with Crippen LogP contribution in [0.25, 0.3) is 0 Å². The molecule has 0 unspecified atom stereocenters. The second kappa shape index (κ2) is 3.36. The van der Waals surface area contributed by atoms with Crippen LogP contribution >= 0.6 is 0 Å². The van der Waals surface area contributed by atoms with Crippen molar-refractivity contribution in [3.8, 4) is 5.75 Å². The van der Waals surface area contributed by atoms with Crippen LogP contribution in [0.15, 0.2) is 18.2 Å². The first kappa shape index (κ1) is 9.12. The summed E-state index contributed by atoms with van der Waals surface area (Å²) in [6.07, 6.45) is 1.64. The van der Waals surface area contributed by atoms with Gasteiger partial charge in [0.25, 0.3) is 0 Å². The molecule has 2 nitrogen and oxygen atoms in total. The molecule has 1 aliphatic rings. The molecule has 0 atom stereocenters. The first-order valence-corrected chi connectivity index (χ1v) is 4.33. The first-order valence-electron chi connectivity index (χ1n) is 4.33. The Morgan fingerprint density at radius 2 is 2.00 bits per heavy atom. The third-order valence-corrected chi connectivity index (χ3v) is 2.02. The maximum Gasteiger partial charge on any atom is 0.314 e. The molecule has 0 saturated heterocycles. The highest BCUT2D eigenvalue weighted by Crippen LogP contribution is 2.30. The van der Waals surface area contributed by atoms with Gasteiger partial charge in [-0.3, -0.25) is 4.79 Å². The lowest BCUT2D eigenvalue weighted by atomic mass is 10.3. The molecular formula is C10H8F2O2. The van der Waals surface area contributed by atoms with E-state index < -0.39 is 11.6 Å². The fourth-order valence-electron chi connectivity index (χ4n) is 1.06. The van der Waals surface area contributed by atoms with Crippen molar-refractivity contribution in [3.63, 3.8) is 0 Å². The number of benzene rings is 1. The number of rotatable bonds is 2. The van der Waals surface area contributed by atoms with Gasteiger partial charge in [-0.15, -0.1) is 0 Å². The predicted octanol–water partition coefficient (Wildman–Crippen LogP) is 2.28. The Labute approximate surface area is 79.5 Å². The lowest BCUT2D eigenvalue weighted by Gasteiger charge is -2.02. The summed E-state index contributed by atoms with van der Waals surface area (Å²) >= 11 is 0. The Hall–Kier alpha value is -1.45. The second-order valence-corrected chi connectivity index (χ2v) is 3.27. The van der Waals surface area contributed by atoms with Crippen molar-refractivity contribution in [2.75, 3.05) is 0 Å². The van der Waals surface area contributed by atoms with Gasteiger partial charge in [0.15, 0.2) is 11.6 Å². The van der Waals surface area contributed by atoms with Crippen molar-refractivity contribution < 1.29 is 18.3 Å². The van der Waals surface area contributed by atoms with Crippen LogP contribution in [0, 0.1) is 17.6 Å². The number of hydrogen-bond donors (Lipinski definition) is 0. The van der Waals surface area contributed by atoms with E-state index in [1.807, 2.05) is 0 Å². The summed E-state index contributed by atoms with van der Waals surface area (Å²) in [6.45, 7) is 0. The number of halogens is 2. The van der Waals surface area contributed by atoms with Gasteiger partial charge in [0.05, 0.1) is 5.92 Å². The number of carbonyl (C=O) groups is 1. The standard InChI is InChI=1S/C10H8F2O2/c11-8-4-3-7(5-9(8)12)14-10(13)6-1-2-6/h3-6H,1-2H2. The molecule has 1 aliphatic carbocycles. The Bertz CT molecular complexity index is 372. The zero-order chi connectivity index (χ0) is 10.1. The Morgan fingerprint density at radius 1 is 1.29 bits per heavy atom. The molecule has 0 amide bonds. The molecule has 1 saturated carbocycles. The van der Waals surface area contributed by atoms with E-state index in [2.05, 4.69) is 0 Å². The quantitative estimate of drug-likeness (QED) is 0.538. The van der Waals surface area contributed by atoms with Crippen LogP contribution in [0.4, 0.5) is 8.78 Å². The molecule has 14 heavy (non-hydrogen) atoms. The summed E-state index contributed by atoms with van der Waals surface area (Å²) in [5.74, 6) is -2.32. The van der Waals surface area contributed by atoms with E-state index in [9.17, 15) is 13.6 Å². The highest BCUT2D eigenvalue weighted by Gasteiger charge is 2.31. The van der Waals surface area contributed by atoms with Crippen LogP contribution in [0.1, 0.15) is 12.8 Å². The van der Waals surface area contributed by atoms with Crippen molar-refractivity contribution in [1.82, 2.24) is 0 Å². The molecule has 4 heteroatoms. The van der Waals surface area contributed by atoms with Crippen molar-refractivity contribution >= 4 is 5.97 Å². The van der Waals surface area contributed by atoms with Crippen LogP contribution < -0.4 is 4.74 Å². The molecule has 0 bridgehead atoms. The lowest BCUT2D eigenvalue weighted by molar-refractivity contribution is -0.135. The first-order chi connectivity index (χ1) is 6.66. The summed E-state index contributed by atoms with van der Waals surface area (Å²) < 4.78 is 30.0. The fourth-order valence-corrected chi connectivity index (χ4v) is 1.06. The smallest absolute Gasteiger partial charge is 0.314 e. The molecule has 2 rings (SSSR count). The van der Waals surface area contributed by atoms with Crippen LogP contribution in [-0.2, 0) is 4.79 Å². The van der Waals surface area contributed by atoms with Crippen molar-refractivity contribution in [2.24, 2.45) is 5.92 Å². The van der Waals surface area contributed by atoms with Crippen LogP contribution in [-0.4, -0.2) is 5.97 Å². The summed E-state index contributed by atoms with van der Waals surface area (Å²) in [5.41, 5.74) is 0. The largest absolute Gasteiger partial charge is 0.426 e. The molecule has 0 aliphatic heterocycles. The van der Waals surface area contributed by atoms with E-state index in [1.54, 1.807) is 0 Å². The van der Waals surface area contributed by atoms with Gasteiger partial charge in [-0.05, 0) is 25.0 Å². The number of hydrogen-bond acceptors (Lipinski definition) is 2. The van der Waals surface area contributed by atoms with Gasteiger partial charge in [-0.2, -0.15) is 0 Å². The molecule has 0 aromatic heterocycles. The minimum Gasteiger partial charge on any atom is -0.426 e. The molecule has 0 heterocycles. The monoisotopic (exact) mass is 198 g/mol. The molecule has 0 radical (unpaired) electrons. The SMILES string of the molecule is O=C(Oc1ccc(F)c(F)c1)C1CC1. The number of ether oxygens (including phenoxy) is 1. The molecule has 1 aromatic carbocycles. The van der Waals surface area contributed by atoms with Crippen molar-refractivity contribution in [2.45, 2.75) is 12.8 Å². The van der Waals surface area contributed by atoms with Gasteiger partial charge >= 0.3 is 5.97 Å². The van der Waals surface area contributed by atoms with Gasteiger partial charge in [0.1, 0.15) is 5.75 Å². The van der Waals surface area contributed by atoms with Crippen LogP contribution in [0.3, 0.4) is 0 Å². The Morgan fingerprint density at radius 3 is 2.57 bits per heavy atom. The average molecular weight is 198 g/mol. The number of esters is 1. The summed E-state index contributed by atoms with van der Waals surface area (Å²) in [4.78, 5) is 11.1. The van der Waals surface area contributed by atoms with E-state index in [4.69, 9.17) is 4.74 Å². The van der Waals surface area contributed by atoms with Gasteiger partial charge in [0, 0.05) is 6.07 Å². The zero-order valence-corrected chi connectivity index (χ0v) is 7.30. The average Bonchev–Trinajstić information content (AvgIpc) is 2.94.